The van der Waals surface area contributed by atoms with Gasteiger partial charge in [0, 0.05) is 22.5 Å². The topological polar surface area (TPSA) is 82.7 Å². The Morgan fingerprint density at radius 2 is 1.86 bits per heavy atom. The minimum absolute atomic E-state index is 0.254. The number of H-pyrrole nitrogens is 1. The summed E-state index contributed by atoms with van der Waals surface area (Å²) < 4.78 is 0. The number of carbonyl (C=O) groups excluding carboxylic acids is 1. The maximum atomic E-state index is 12.5. The molecule has 2 heterocycles. The number of halogens is 3. The Morgan fingerprint density at radius 1 is 1.00 bits per heavy atom. The van der Waals surface area contributed by atoms with Gasteiger partial charge in [0.2, 0.25) is 5.95 Å². The maximum Gasteiger partial charge on any atom is 0.255 e. The highest BCUT2D eigenvalue weighted by Crippen LogP contribution is 2.26. The van der Waals surface area contributed by atoms with Crippen LogP contribution in [0.15, 0.2) is 54.7 Å². The monoisotopic (exact) mass is 431 g/mol. The van der Waals surface area contributed by atoms with E-state index in [9.17, 15) is 4.79 Å². The van der Waals surface area contributed by atoms with Crippen LogP contribution in [0, 0.1) is 0 Å². The lowest BCUT2D eigenvalue weighted by Gasteiger charge is -2.05. The first-order valence-electron chi connectivity index (χ1n) is 8.13. The number of amides is 1. The predicted octanol–water partition coefficient (Wildman–Crippen LogP) is 5.91. The number of hydrogen-bond donors (Lipinski definition) is 3. The molecule has 0 fully saturated rings. The second-order valence-electron chi connectivity index (χ2n) is 5.89. The van der Waals surface area contributed by atoms with Crippen LogP contribution in [0.1, 0.15) is 10.4 Å². The van der Waals surface area contributed by atoms with Crippen molar-refractivity contribution in [1.29, 1.82) is 0 Å². The number of nitrogens with zero attached hydrogens (tertiary/aromatic N) is 2. The molecule has 0 atom stereocenters. The summed E-state index contributed by atoms with van der Waals surface area (Å²) in [7, 11) is 0. The number of carbonyl (C=O) groups is 1. The highest BCUT2D eigenvalue weighted by Gasteiger charge is 2.11. The smallest absolute Gasteiger partial charge is 0.255 e. The van der Waals surface area contributed by atoms with Crippen LogP contribution in [-0.4, -0.2) is 20.9 Å². The van der Waals surface area contributed by atoms with Crippen LogP contribution in [0.5, 0.6) is 0 Å². The lowest BCUT2D eigenvalue weighted by atomic mass is 10.2. The lowest BCUT2D eigenvalue weighted by Crippen LogP contribution is -2.11. The number of aromatic nitrogens is 3. The number of anilines is 3. The van der Waals surface area contributed by atoms with E-state index in [1.807, 2.05) is 0 Å². The fourth-order valence-corrected chi connectivity index (χ4v) is 3.22. The Hall–Kier alpha value is -2.80. The van der Waals surface area contributed by atoms with E-state index >= 15 is 0 Å². The van der Waals surface area contributed by atoms with Crippen molar-refractivity contribution in [3.05, 3.63) is 75.4 Å². The van der Waals surface area contributed by atoms with Crippen molar-refractivity contribution in [1.82, 2.24) is 15.0 Å². The molecule has 1 amide bonds. The normalized spacial score (nSPS) is 10.8. The van der Waals surface area contributed by atoms with Gasteiger partial charge in [0.25, 0.3) is 5.91 Å². The molecule has 0 bridgehead atoms. The van der Waals surface area contributed by atoms with Crippen molar-refractivity contribution >= 4 is 69.2 Å². The van der Waals surface area contributed by atoms with Gasteiger partial charge in [-0.15, -0.1) is 0 Å². The van der Waals surface area contributed by atoms with Gasteiger partial charge in [-0.25, -0.2) is 9.97 Å². The summed E-state index contributed by atoms with van der Waals surface area (Å²) in [4.78, 5) is 24.2. The standard InChI is InChI=1S/C19H12Cl3N5O/c20-11-2-1-3-13(7-11)24-18(28)10-4-5-15-16(6-10)26-19(25-15)27-17-14(22)8-12(21)9-23-17/h1-9H,(H,24,28)(H2,23,25,26,27). The summed E-state index contributed by atoms with van der Waals surface area (Å²) >= 11 is 17.9. The number of pyridine rings is 1. The zero-order valence-electron chi connectivity index (χ0n) is 14.1. The van der Waals surface area contributed by atoms with Crippen LogP contribution in [0.4, 0.5) is 17.5 Å². The average Bonchev–Trinajstić information content (AvgIpc) is 3.05. The Morgan fingerprint density at radius 3 is 2.64 bits per heavy atom. The second-order valence-corrected chi connectivity index (χ2v) is 7.17. The van der Waals surface area contributed by atoms with E-state index in [2.05, 4.69) is 25.6 Å². The van der Waals surface area contributed by atoms with Crippen LogP contribution < -0.4 is 10.6 Å². The largest absolute Gasteiger partial charge is 0.324 e. The molecule has 28 heavy (non-hydrogen) atoms. The lowest BCUT2D eigenvalue weighted by molar-refractivity contribution is 0.102. The van der Waals surface area contributed by atoms with Crippen LogP contribution in [-0.2, 0) is 0 Å². The number of nitrogens with one attached hydrogen (secondary N) is 3. The summed E-state index contributed by atoms with van der Waals surface area (Å²) in [5.41, 5.74) is 2.47. The molecule has 9 heteroatoms. The van der Waals surface area contributed by atoms with Gasteiger partial charge < -0.3 is 15.6 Å². The highest BCUT2D eigenvalue weighted by atomic mass is 35.5. The predicted molar refractivity (Wildman–Crippen MR) is 113 cm³/mol. The van der Waals surface area contributed by atoms with Gasteiger partial charge in [-0.1, -0.05) is 40.9 Å². The van der Waals surface area contributed by atoms with Crippen LogP contribution in [0.2, 0.25) is 15.1 Å². The summed E-state index contributed by atoms with van der Waals surface area (Å²) in [6, 6.07) is 13.7. The number of benzene rings is 2. The van der Waals surface area contributed by atoms with Crippen molar-refractivity contribution < 1.29 is 4.79 Å². The number of hydrogen-bond acceptors (Lipinski definition) is 4. The zero-order chi connectivity index (χ0) is 19.7. The van der Waals surface area contributed by atoms with Crippen molar-refractivity contribution in [2.24, 2.45) is 0 Å². The average molecular weight is 433 g/mol. The van der Waals surface area contributed by atoms with E-state index in [0.717, 1.165) is 0 Å². The van der Waals surface area contributed by atoms with Gasteiger partial charge in [0.1, 0.15) is 0 Å². The Labute approximate surface area is 174 Å². The van der Waals surface area contributed by atoms with Crippen molar-refractivity contribution in [3.8, 4) is 0 Å². The highest BCUT2D eigenvalue weighted by molar-refractivity contribution is 6.36. The van der Waals surface area contributed by atoms with E-state index in [0.29, 0.717) is 49.1 Å². The number of aromatic amines is 1. The fourth-order valence-electron chi connectivity index (χ4n) is 2.60. The summed E-state index contributed by atoms with van der Waals surface area (Å²) in [6.45, 7) is 0. The SMILES string of the molecule is O=C(Nc1cccc(Cl)c1)c1ccc2nc(Nc3ncc(Cl)cc3Cl)[nH]c2c1. The Balaban J connectivity index is 1.56. The summed E-state index contributed by atoms with van der Waals surface area (Å²) in [5, 5.41) is 7.17. The van der Waals surface area contributed by atoms with E-state index in [1.165, 1.54) is 6.20 Å². The Bertz CT molecular complexity index is 1190. The van der Waals surface area contributed by atoms with Gasteiger partial charge in [-0.2, -0.15) is 0 Å². The molecule has 4 rings (SSSR count). The molecule has 140 valence electrons. The molecule has 2 aromatic carbocycles. The molecular weight excluding hydrogens is 421 g/mol. The van der Waals surface area contributed by atoms with E-state index in [-0.39, 0.29) is 5.91 Å². The number of imidazole rings is 1. The van der Waals surface area contributed by atoms with Gasteiger partial charge in [0.15, 0.2) is 5.82 Å². The molecule has 0 saturated heterocycles. The number of rotatable bonds is 4. The van der Waals surface area contributed by atoms with Crippen LogP contribution in [0.25, 0.3) is 11.0 Å². The first kappa shape index (κ1) is 18.6. The molecule has 2 aromatic heterocycles. The van der Waals surface area contributed by atoms with Crippen molar-refractivity contribution in [2.75, 3.05) is 10.6 Å². The Kier molecular flexibility index (Phi) is 5.09. The van der Waals surface area contributed by atoms with E-state index < -0.39 is 0 Å². The van der Waals surface area contributed by atoms with Gasteiger partial charge >= 0.3 is 0 Å². The van der Waals surface area contributed by atoms with Gasteiger partial charge in [-0.05, 0) is 42.5 Å². The van der Waals surface area contributed by atoms with Crippen LogP contribution in [0.3, 0.4) is 0 Å². The molecule has 0 aliphatic rings. The minimum Gasteiger partial charge on any atom is -0.324 e. The second kappa shape index (κ2) is 7.67. The van der Waals surface area contributed by atoms with Crippen molar-refractivity contribution in [2.45, 2.75) is 0 Å². The molecule has 0 spiro atoms. The molecule has 0 radical (unpaired) electrons. The van der Waals surface area contributed by atoms with Gasteiger partial charge in [-0.3, -0.25) is 4.79 Å². The third-order valence-electron chi connectivity index (χ3n) is 3.87. The molecule has 6 nitrogen and oxygen atoms in total. The summed E-state index contributed by atoms with van der Waals surface area (Å²) in [6.07, 6.45) is 1.48. The van der Waals surface area contributed by atoms with Gasteiger partial charge in [0.05, 0.1) is 21.1 Å². The molecule has 3 N–H and O–H groups in total. The van der Waals surface area contributed by atoms with E-state index in [4.69, 9.17) is 34.8 Å². The van der Waals surface area contributed by atoms with Crippen LogP contribution >= 0.6 is 34.8 Å². The molecule has 0 saturated carbocycles. The third-order valence-corrected chi connectivity index (χ3v) is 4.60. The fraction of sp³-hybridized carbons (Fsp3) is 0. The molecular formula is C19H12Cl3N5O. The molecule has 4 aromatic rings. The first-order chi connectivity index (χ1) is 13.5. The molecule has 0 aliphatic carbocycles. The number of fused-ring (bicyclic) bond motifs is 1. The minimum atomic E-state index is -0.254. The van der Waals surface area contributed by atoms with E-state index in [1.54, 1.807) is 48.5 Å². The quantitative estimate of drug-likeness (QED) is 0.374. The van der Waals surface area contributed by atoms with Crippen molar-refractivity contribution in [3.63, 3.8) is 0 Å². The zero-order valence-corrected chi connectivity index (χ0v) is 16.4. The summed E-state index contributed by atoms with van der Waals surface area (Å²) in [5.74, 6) is 0.610. The maximum absolute atomic E-state index is 12.5. The third kappa shape index (κ3) is 4.04. The molecule has 0 aliphatic heterocycles. The molecule has 0 unspecified atom stereocenters. The first-order valence-corrected chi connectivity index (χ1v) is 9.26.